The van der Waals surface area contributed by atoms with Gasteiger partial charge in [0.15, 0.2) is 14.1 Å². The van der Waals surface area contributed by atoms with Crippen molar-refractivity contribution in [2.45, 2.75) is 225 Å². The zero-order valence-corrected chi connectivity index (χ0v) is 50.1. The third-order valence-electron chi connectivity index (χ3n) is 17.3. The van der Waals surface area contributed by atoms with Gasteiger partial charge in [0.25, 0.3) is 11.7 Å². The largest absolute Gasteiger partial charge is 0.460 e. The average Bonchev–Trinajstić information content (AvgIpc) is 3.37. The van der Waals surface area contributed by atoms with Crippen molar-refractivity contribution in [3.63, 3.8) is 0 Å². The Morgan fingerprint density at radius 3 is 2.21 bits per heavy atom. The van der Waals surface area contributed by atoms with Crippen molar-refractivity contribution in [1.29, 1.82) is 0 Å². The minimum Gasteiger partial charge on any atom is -0.460 e. The van der Waals surface area contributed by atoms with Crippen LogP contribution in [0.25, 0.3) is 0 Å². The third kappa shape index (κ3) is 17.9. The number of piperidine rings is 1. The summed E-state index contributed by atoms with van der Waals surface area (Å²) in [5.41, 5.74) is 1.28. The third-order valence-corrected chi connectivity index (χ3v) is 21.9. The molecule has 0 aromatic rings. The molecule has 2 N–H and O–H groups in total. The van der Waals surface area contributed by atoms with E-state index in [4.69, 9.17) is 32.8 Å². The lowest BCUT2D eigenvalue weighted by Gasteiger charge is -2.42. The number of allylic oxidation sites excluding steroid dienone is 6. The van der Waals surface area contributed by atoms with Crippen LogP contribution in [0.2, 0.25) is 18.1 Å². The first-order valence-electron chi connectivity index (χ1n) is 28.4. The van der Waals surface area contributed by atoms with E-state index in [0.717, 1.165) is 24.8 Å². The van der Waals surface area contributed by atoms with E-state index in [2.05, 4.69) is 33.9 Å². The number of amides is 1. The number of hydrogen-bond donors (Lipinski definition) is 2. The van der Waals surface area contributed by atoms with Gasteiger partial charge in [-0.3, -0.25) is 19.2 Å². The van der Waals surface area contributed by atoms with E-state index in [1.165, 1.54) is 12.0 Å². The summed E-state index contributed by atoms with van der Waals surface area (Å²) in [5.74, 6) is -7.85. The molecule has 0 aromatic heterocycles. The molecular formula is C60H99NO14Si. The number of methoxy groups -OCH3 is 3. The molecule has 1 amide bonds. The van der Waals surface area contributed by atoms with Gasteiger partial charge in [-0.15, -0.1) is 0 Å². The molecule has 3 heterocycles. The Labute approximate surface area is 457 Å². The van der Waals surface area contributed by atoms with Crippen molar-refractivity contribution in [2.75, 3.05) is 41.1 Å². The van der Waals surface area contributed by atoms with Crippen molar-refractivity contribution in [3.05, 3.63) is 47.6 Å². The van der Waals surface area contributed by atoms with Gasteiger partial charge in [0.05, 0.1) is 24.4 Å². The lowest BCUT2D eigenvalue weighted by Crippen LogP contribution is -2.61. The Balaban J connectivity index is 1.64. The second-order valence-electron chi connectivity index (χ2n) is 24.4. The zero-order chi connectivity index (χ0) is 56.7. The minimum atomic E-state index is -2.43. The van der Waals surface area contributed by atoms with Crippen LogP contribution in [0.5, 0.6) is 0 Å². The highest BCUT2D eigenvalue weighted by Crippen LogP contribution is 2.39. The summed E-state index contributed by atoms with van der Waals surface area (Å²) in [4.78, 5) is 72.8. The van der Waals surface area contributed by atoms with E-state index >= 15 is 0 Å². The molecule has 15 atom stereocenters. The molecule has 432 valence electrons. The molecule has 4 aliphatic rings. The predicted octanol–water partition coefficient (Wildman–Crippen LogP) is 9.62. The lowest BCUT2D eigenvalue weighted by atomic mass is 9.78. The lowest BCUT2D eigenvalue weighted by molar-refractivity contribution is -0.265. The molecule has 3 fully saturated rings. The summed E-state index contributed by atoms with van der Waals surface area (Å²) in [6.45, 7) is 25.3. The maximum absolute atomic E-state index is 14.6. The van der Waals surface area contributed by atoms with Gasteiger partial charge in [-0.2, -0.15) is 0 Å². The van der Waals surface area contributed by atoms with E-state index < -0.39 is 86.1 Å². The summed E-state index contributed by atoms with van der Waals surface area (Å²) in [5, 5.41) is 23.7. The van der Waals surface area contributed by atoms with Crippen molar-refractivity contribution < 1.29 is 67.0 Å². The Kier molecular flexibility index (Phi) is 25.7. The Hall–Kier alpha value is -3.19. The number of cyclic esters (lactones) is 1. The number of aliphatic hydroxyl groups is 2. The number of ether oxygens (including phenoxy) is 6. The molecule has 2 saturated heterocycles. The number of rotatable bonds is 12. The summed E-state index contributed by atoms with van der Waals surface area (Å²) in [6.07, 6.45) is 13.3. The van der Waals surface area contributed by atoms with Crippen LogP contribution in [-0.4, -0.2) is 148 Å². The van der Waals surface area contributed by atoms with Gasteiger partial charge in [0.1, 0.15) is 30.1 Å². The quantitative estimate of drug-likeness (QED) is 0.0617. The summed E-state index contributed by atoms with van der Waals surface area (Å²) < 4.78 is 42.9. The Bertz CT molecular complexity index is 2040. The number of aliphatic hydroxyl groups excluding tert-OH is 1. The van der Waals surface area contributed by atoms with E-state index in [-0.39, 0.29) is 66.0 Å². The minimum absolute atomic E-state index is 0.0172. The van der Waals surface area contributed by atoms with Gasteiger partial charge < -0.3 is 48.0 Å². The number of carbonyl (C=O) groups is 5. The molecular weight excluding hydrogens is 987 g/mol. The van der Waals surface area contributed by atoms with Crippen LogP contribution in [0.15, 0.2) is 47.6 Å². The Morgan fingerprint density at radius 1 is 0.842 bits per heavy atom. The van der Waals surface area contributed by atoms with Crippen molar-refractivity contribution >= 4 is 37.5 Å². The zero-order valence-electron chi connectivity index (χ0n) is 49.1. The van der Waals surface area contributed by atoms with Crippen LogP contribution in [0.1, 0.15) is 153 Å². The van der Waals surface area contributed by atoms with Crippen LogP contribution < -0.4 is 0 Å². The van der Waals surface area contributed by atoms with Crippen molar-refractivity contribution in [2.24, 2.45) is 35.5 Å². The van der Waals surface area contributed by atoms with Gasteiger partial charge in [-0.1, -0.05) is 91.8 Å². The second-order valence-corrected chi connectivity index (χ2v) is 29.2. The normalized spacial score (nSPS) is 36.8. The highest BCUT2D eigenvalue weighted by atomic mass is 28.4. The van der Waals surface area contributed by atoms with Crippen LogP contribution in [0, 0.1) is 35.5 Å². The summed E-state index contributed by atoms with van der Waals surface area (Å²) in [6, 6.07) is -1.14. The number of esters is 1. The molecule has 1 aliphatic carbocycles. The van der Waals surface area contributed by atoms with Crippen LogP contribution in [0.4, 0.5) is 0 Å². The molecule has 76 heavy (non-hydrogen) atoms. The topological polar surface area (TPSA) is 194 Å². The van der Waals surface area contributed by atoms with Gasteiger partial charge in [-0.05, 0) is 132 Å². The van der Waals surface area contributed by atoms with Crippen LogP contribution in [-0.2, 0) is 56.8 Å². The highest BCUT2D eigenvalue weighted by Gasteiger charge is 2.53. The fourth-order valence-electron chi connectivity index (χ4n) is 11.1. The summed E-state index contributed by atoms with van der Waals surface area (Å²) >= 11 is 0. The standard InChI is InChI=1S/C60H99NO14Si/c1-38-22-17-16-18-23-39(2)50(69-11)36-46-27-25-44(7)60(68,75-46)56(65)57(66)61-29-20-19-24-47(61)58(67)74-51(37-48(62)40(3)33-43(6)54(64)55(71-13)53(63)42(5)32-38)41(4)34-45-26-28-49(52(35-45)70-12)72-30-21-31-73-76(14,15)59(8,9)10/h16-18,22-23,33,38,40-42,44-47,49-52,54-55,64,68H,19-21,24-32,34-37H2,1-15H3/b18-16+,22-17+,39-23+,43-33+/t38-,40-,41?,42-,44-,45+,46+,47+,49-,50+,51?,52-,54-,55+,60-/m1/s1. The molecule has 3 aliphatic heterocycles. The molecule has 0 aromatic carbocycles. The van der Waals surface area contributed by atoms with E-state index in [9.17, 15) is 34.2 Å². The number of fused-ring (bicyclic) bond motifs is 3. The molecule has 2 unspecified atom stereocenters. The number of hydrogen-bond acceptors (Lipinski definition) is 14. The molecule has 4 rings (SSSR count). The number of nitrogens with zero attached hydrogens (tertiary/aromatic N) is 1. The fourth-order valence-corrected chi connectivity index (χ4v) is 12.2. The van der Waals surface area contributed by atoms with Crippen LogP contribution >= 0.6 is 0 Å². The van der Waals surface area contributed by atoms with Crippen molar-refractivity contribution in [1.82, 2.24) is 4.90 Å². The summed E-state index contributed by atoms with van der Waals surface area (Å²) in [7, 11) is 2.81. The van der Waals surface area contributed by atoms with Crippen LogP contribution in [0.3, 0.4) is 0 Å². The first-order chi connectivity index (χ1) is 35.7. The second kappa shape index (κ2) is 29.9. The van der Waals surface area contributed by atoms with Gasteiger partial charge >= 0.3 is 5.97 Å². The number of ketones is 3. The van der Waals surface area contributed by atoms with Gasteiger partial charge in [0, 0.05) is 71.7 Å². The Morgan fingerprint density at radius 2 is 1.55 bits per heavy atom. The predicted molar refractivity (Wildman–Crippen MR) is 297 cm³/mol. The number of Topliss-reactive ketones (excluding diaryl/α,β-unsaturated/α-hetero) is 3. The average molecular weight is 1090 g/mol. The molecule has 1 saturated carbocycles. The monoisotopic (exact) mass is 1090 g/mol. The molecule has 2 bridgehead atoms. The fraction of sp³-hybridized carbons (Fsp3) is 0.783. The van der Waals surface area contributed by atoms with E-state index in [1.807, 2.05) is 58.1 Å². The first kappa shape index (κ1) is 65.3. The van der Waals surface area contributed by atoms with Gasteiger partial charge in [0.2, 0.25) is 5.79 Å². The molecule has 0 radical (unpaired) electrons. The van der Waals surface area contributed by atoms with E-state index in [1.54, 1.807) is 41.1 Å². The maximum atomic E-state index is 14.6. The smallest absolute Gasteiger partial charge is 0.329 e. The molecule has 16 heteroatoms. The SMILES string of the molecule is CO[C@H]1C[C@@H]2CC[C@@H](C)[C@@](O)(O2)C(=O)C(=O)N2CCCC[C@H]2C(=O)OC(C(C)C[C@@H]2CC[C@@H](OCCCO[Si](C)(C)C(C)(C)C)[C@H](OC)C2)CC(=O)[C@H](C)/C=C(\C)[C@@H](O)[C@@H](OC)C(=O)[C@H](C)C[C@H](C)/C=C/C=C/C=C/1C. The number of carbonyl (C=O) groups excluding carboxylic acids is 5. The van der Waals surface area contributed by atoms with E-state index in [0.29, 0.717) is 70.2 Å². The van der Waals surface area contributed by atoms with Gasteiger partial charge in [-0.25, -0.2) is 4.79 Å². The van der Waals surface area contributed by atoms with Crippen molar-refractivity contribution in [3.8, 4) is 0 Å². The molecule has 15 nitrogen and oxygen atoms in total. The maximum Gasteiger partial charge on any atom is 0.329 e. The first-order valence-corrected chi connectivity index (χ1v) is 31.3. The molecule has 0 spiro atoms. The highest BCUT2D eigenvalue weighted by molar-refractivity contribution is 6.74.